The summed E-state index contributed by atoms with van der Waals surface area (Å²) in [4.78, 5) is 17.8. The first-order chi connectivity index (χ1) is 16.6. The third-order valence-corrected chi connectivity index (χ3v) is 5.13. The highest BCUT2D eigenvalue weighted by molar-refractivity contribution is 5.56. The minimum absolute atomic E-state index is 0.579. The minimum Gasteiger partial charge on any atom is -0.452 e. The van der Waals surface area contributed by atoms with Crippen LogP contribution in [0.2, 0.25) is 0 Å². The van der Waals surface area contributed by atoms with Crippen molar-refractivity contribution < 1.29 is 9.47 Å². The van der Waals surface area contributed by atoms with Crippen LogP contribution in [-0.2, 0) is 0 Å². The van der Waals surface area contributed by atoms with Gasteiger partial charge < -0.3 is 9.47 Å². The zero-order valence-electron chi connectivity index (χ0n) is 18.8. The number of nitrogens with zero attached hydrogens (tertiary/aromatic N) is 4. The third-order valence-electron chi connectivity index (χ3n) is 5.13. The molecule has 0 saturated heterocycles. The van der Waals surface area contributed by atoms with E-state index in [1.807, 2.05) is 99.0 Å². The Labute approximate surface area is 197 Å². The maximum absolute atomic E-state index is 6.06. The van der Waals surface area contributed by atoms with Gasteiger partial charge in [-0.25, -0.2) is 0 Å². The van der Waals surface area contributed by atoms with Gasteiger partial charge >= 0.3 is 0 Å². The Bertz CT molecular complexity index is 1270. The molecule has 0 N–H and O–H groups in total. The second-order valence-electron chi connectivity index (χ2n) is 7.85. The first-order valence-electron chi connectivity index (χ1n) is 10.9. The molecule has 1 aromatic carbocycles. The van der Waals surface area contributed by atoms with Crippen molar-refractivity contribution in [2.75, 3.05) is 0 Å². The van der Waals surface area contributed by atoms with Crippen LogP contribution >= 0.6 is 0 Å². The summed E-state index contributed by atoms with van der Waals surface area (Å²) in [7, 11) is 0. The fraction of sp³-hybridized carbons (Fsp3) is 0.0714. The number of aromatic nitrogens is 4. The molecule has 0 saturated carbocycles. The first-order valence-corrected chi connectivity index (χ1v) is 10.9. The number of pyridine rings is 4. The van der Waals surface area contributed by atoms with Gasteiger partial charge in [-0.1, -0.05) is 24.3 Å². The molecule has 0 fully saturated rings. The summed E-state index contributed by atoms with van der Waals surface area (Å²) >= 11 is 0. The number of hydrogen-bond donors (Lipinski definition) is 0. The molecular formula is C28H22N4O2. The summed E-state index contributed by atoms with van der Waals surface area (Å²) in [6.45, 7) is 4.01. The summed E-state index contributed by atoms with van der Waals surface area (Å²) in [6, 6.07) is 22.9. The van der Waals surface area contributed by atoms with E-state index in [-0.39, 0.29) is 0 Å². The van der Waals surface area contributed by atoms with Crippen LogP contribution in [0.5, 0.6) is 23.0 Å². The molecule has 0 atom stereocenters. The summed E-state index contributed by atoms with van der Waals surface area (Å²) < 4.78 is 12.1. The lowest BCUT2D eigenvalue weighted by Gasteiger charge is -2.12. The van der Waals surface area contributed by atoms with Crippen molar-refractivity contribution >= 4 is 0 Å². The SMILES string of the molecule is Cc1ccc(-c2ccc(Oc3ccccc3Oc3ccc(-c4ccc(C)cn4)nc3)cn2)nc1. The van der Waals surface area contributed by atoms with Crippen molar-refractivity contribution in [3.8, 4) is 45.8 Å². The predicted octanol–water partition coefficient (Wildman–Crippen LogP) is 6.80. The summed E-state index contributed by atoms with van der Waals surface area (Å²) in [5.74, 6) is 2.36. The van der Waals surface area contributed by atoms with Gasteiger partial charge in [-0.15, -0.1) is 0 Å². The molecule has 6 heteroatoms. The first kappa shape index (κ1) is 21.3. The van der Waals surface area contributed by atoms with Crippen molar-refractivity contribution in [3.05, 3.63) is 109 Å². The van der Waals surface area contributed by atoms with E-state index in [0.717, 1.165) is 33.9 Å². The Hall–Kier alpha value is -4.58. The molecule has 0 aliphatic carbocycles. The van der Waals surface area contributed by atoms with Crippen LogP contribution in [0.1, 0.15) is 11.1 Å². The van der Waals surface area contributed by atoms with Crippen molar-refractivity contribution in [2.45, 2.75) is 13.8 Å². The average molecular weight is 447 g/mol. The van der Waals surface area contributed by atoms with Crippen LogP contribution in [0.25, 0.3) is 22.8 Å². The molecule has 5 rings (SSSR count). The maximum atomic E-state index is 6.06. The van der Waals surface area contributed by atoms with Crippen molar-refractivity contribution in [3.63, 3.8) is 0 Å². The van der Waals surface area contributed by atoms with E-state index in [1.54, 1.807) is 12.4 Å². The van der Waals surface area contributed by atoms with Crippen molar-refractivity contribution in [2.24, 2.45) is 0 Å². The molecular weight excluding hydrogens is 424 g/mol. The lowest BCUT2D eigenvalue weighted by Crippen LogP contribution is -1.93. The monoisotopic (exact) mass is 446 g/mol. The Morgan fingerprint density at radius 1 is 0.441 bits per heavy atom. The van der Waals surface area contributed by atoms with Gasteiger partial charge in [0.25, 0.3) is 0 Å². The van der Waals surface area contributed by atoms with E-state index in [2.05, 4.69) is 19.9 Å². The second-order valence-corrected chi connectivity index (χ2v) is 7.85. The topological polar surface area (TPSA) is 70.0 Å². The molecule has 34 heavy (non-hydrogen) atoms. The van der Waals surface area contributed by atoms with Crippen LogP contribution in [0.4, 0.5) is 0 Å². The zero-order valence-corrected chi connectivity index (χ0v) is 18.8. The van der Waals surface area contributed by atoms with Gasteiger partial charge in [0.05, 0.1) is 35.2 Å². The average Bonchev–Trinajstić information content (AvgIpc) is 2.87. The van der Waals surface area contributed by atoms with E-state index in [0.29, 0.717) is 23.0 Å². The van der Waals surface area contributed by atoms with Crippen molar-refractivity contribution in [1.29, 1.82) is 0 Å². The minimum atomic E-state index is 0.579. The summed E-state index contributed by atoms with van der Waals surface area (Å²) in [6.07, 6.45) is 7.01. The smallest absolute Gasteiger partial charge is 0.170 e. The van der Waals surface area contributed by atoms with Gasteiger partial charge in [-0.2, -0.15) is 0 Å². The van der Waals surface area contributed by atoms with E-state index in [9.17, 15) is 0 Å². The molecule has 166 valence electrons. The van der Waals surface area contributed by atoms with Crippen LogP contribution in [0.3, 0.4) is 0 Å². The van der Waals surface area contributed by atoms with Crippen LogP contribution < -0.4 is 9.47 Å². The fourth-order valence-corrected chi connectivity index (χ4v) is 3.30. The highest BCUT2D eigenvalue weighted by Gasteiger charge is 2.09. The molecule has 4 heterocycles. The molecule has 0 radical (unpaired) electrons. The molecule has 0 spiro atoms. The lowest BCUT2D eigenvalue weighted by atomic mass is 10.2. The number of rotatable bonds is 6. The van der Waals surface area contributed by atoms with Gasteiger partial charge in [0.15, 0.2) is 11.5 Å². The predicted molar refractivity (Wildman–Crippen MR) is 131 cm³/mol. The second kappa shape index (κ2) is 9.50. The molecule has 0 amide bonds. The van der Waals surface area contributed by atoms with E-state index in [1.165, 1.54) is 0 Å². The number of hydrogen-bond acceptors (Lipinski definition) is 6. The lowest BCUT2D eigenvalue weighted by molar-refractivity contribution is 0.417. The third kappa shape index (κ3) is 4.91. The van der Waals surface area contributed by atoms with E-state index in [4.69, 9.17) is 9.47 Å². The number of para-hydroxylation sites is 2. The molecule has 5 aromatic rings. The van der Waals surface area contributed by atoms with Crippen LogP contribution in [-0.4, -0.2) is 19.9 Å². The normalized spacial score (nSPS) is 10.6. The number of aryl methyl sites for hydroxylation is 2. The maximum Gasteiger partial charge on any atom is 0.170 e. The Balaban J connectivity index is 1.31. The molecule has 0 unspecified atom stereocenters. The molecule has 0 aliphatic heterocycles. The van der Waals surface area contributed by atoms with Gasteiger partial charge in [0.2, 0.25) is 0 Å². The van der Waals surface area contributed by atoms with Crippen LogP contribution in [0.15, 0.2) is 97.6 Å². The Morgan fingerprint density at radius 3 is 1.15 bits per heavy atom. The Kier molecular flexibility index (Phi) is 5.95. The highest BCUT2D eigenvalue weighted by Crippen LogP contribution is 2.34. The van der Waals surface area contributed by atoms with Crippen molar-refractivity contribution in [1.82, 2.24) is 19.9 Å². The summed E-state index contributed by atoms with van der Waals surface area (Å²) in [5.41, 5.74) is 5.42. The quantitative estimate of drug-likeness (QED) is 0.286. The van der Waals surface area contributed by atoms with Gasteiger partial charge in [-0.3, -0.25) is 19.9 Å². The van der Waals surface area contributed by atoms with Gasteiger partial charge in [0, 0.05) is 12.4 Å². The number of ether oxygens (including phenoxy) is 2. The van der Waals surface area contributed by atoms with Gasteiger partial charge in [0.1, 0.15) is 11.5 Å². The zero-order chi connectivity index (χ0) is 23.3. The molecule has 0 aliphatic rings. The summed E-state index contributed by atoms with van der Waals surface area (Å²) in [5, 5.41) is 0. The molecule has 6 nitrogen and oxygen atoms in total. The standard InChI is InChI=1S/C28H22N4O2/c1-19-7-11-23(29-15-19)25-13-9-21(17-31-25)33-27-5-3-4-6-28(27)34-22-10-14-26(32-18-22)24-12-8-20(2)16-30-24/h3-18H,1-2H3. The molecule has 4 aromatic heterocycles. The van der Waals surface area contributed by atoms with Crippen LogP contribution in [0, 0.1) is 13.8 Å². The molecule has 0 bridgehead atoms. The number of benzene rings is 1. The van der Waals surface area contributed by atoms with E-state index < -0.39 is 0 Å². The highest BCUT2D eigenvalue weighted by atomic mass is 16.5. The van der Waals surface area contributed by atoms with Gasteiger partial charge in [-0.05, 0) is 73.5 Å². The largest absolute Gasteiger partial charge is 0.452 e. The Morgan fingerprint density at radius 2 is 0.824 bits per heavy atom. The van der Waals surface area contributed by atoms with E-state index >= 15 is 0 Å². The fourth-order valence-electron chi connectivity index (χ4n) is 3.30.